The van der Waals surface area contributed by atoms with Gasteiger partial charge in [-0.2, -0.15) is 0 Å². The first-order valence-electron chi connectivity index (χ1n) is 14.0. The van der Waals surface area contributed by atoms with Crippen LogP contribution in [0.5, 0.6) is 0 Å². The molecule has 4 aromatic rings. The number of hydrogen-bond donors (Lipinski definition) is 2. The van der Waals surface area contributed by atoms with Gasteiger partial charge in [-0.1, -0.05) is 70.3 Å². The van der Waals surface area contributed by atoms with Crippen molar-refractivity contribution in [2.75, 3.05) is 11.5 Å². The third kappa shape index (κ3) is 7.22. The fraction of sp³-hybridized carbons (Fsp3) is 0.200. The van der Waals surface area contributed by atoms with Gasteiger partial charge in [0.1, 0.15) is 22.8 Å². The van der Waals surface area contributed by atoms with E-state index in [0.717, 1.165) is 35.1 Å². The fourth-order valence-electron chi connectivity index (χ4n) is 4.77. The van der Waals surface area contributed by atoms with E-state index in [1.165, 1.54) is 45.3 Å². The highest BCUT2D eigenvalue weighted by Crippen LogP contribution is 2.45. The van der Waals surface area contributed by atoms with Gasteiger partial charge < -0.3 is 20.6 Å². The van der Waals surface area contributed by atoms with E-state index in [1.54, 1.807) is 0 Å². The molecule has 0 bridgehead atoms. The SMILES string of the molecule is CC(=O)O/N=C(\C(=O)N[C@@H]1C(=O)N2C(C(=O)OC(c3ccccc3)c3ccccc3)=C(SCc3csnn3)CS[C@H]12)c1csc(N)n1. The van der Waals surface area contributed by atoms with Crippen LogP contribution in [0.25, 0.3) is 0 Å². The van der Waals surface area contributed by atoms with Gasteiger partial charge in [0.15, 0.2) is 16.9 Å². The van der Waals surface area contributed by atoms with Gasteiger partial charge in [0.05, 0.1) is 5.69 Å². The molecule has 0 radical (unpaired) electrons. The highest BCUT2D eigenvalue weighted by Gasteiger charge is 2.55. The molecule has 2 atom stereocenters. The zero-order valence-corrected chi connectivity index (χ0v) is 27.7. The van der Waals surface area contributed by atoms with E-state index in [0.29, 0.717) is 16.4 Å². The molecule has 0 unspecified atom stereocenters. The van der Waals surface area contributed by atoms with E-state index in [1.807, 2.05) is 66.0 Å². The highest BCUT2D eigenvalue weighted by molar-refractivity contribution is 8.05. The quantitative estimate of drug-likeness (QED) is 0.0760. The number of anilines is 1. The van der Waals surface area contributed by atoms with Crippen LogP contribution in [0.3, 0.4) is 0 Å². The molecule has 2 amide bonds. The van der Waals surface area contributed by atoms with Crippen molar-refractivity contribution >= 4 is 81.0 Å². The van der Waals surface area contributed by atoms with Gasteiger partial charge in [0.25, 0.3) is 11.8 Å². The van der Waals surface area contributed by atoms with Crippen molar-refractivity contribution in [2.24, 2.45) is 5.16 Å². The van der Waals surface area contributed by atoms with Crippen molar-refractivity contribution < 1.29 is 28.8 Å². The van der Waals surface area contributed by atoms with Crippen LogP contribution >= 0.6 is 46.4 Å². The Balaban J connectivity index is 1.28. The molecule has 2 aliphatic heterocycles. The lowest BCUT2D eigenvalue weighted by Gasteiger charge is -2.49. The van der Waals surface area contributed by atoms with Crippen LogP contribution in [0, 0.1) is 0 Å². The second kappa shape index (κ2) is 14.5. The summed E-state index contributed by atoms with van der Waals surface area (Å²) >= 11 is 5.05. The van der Waals surface area contributed by atoms with Crippen molar-refractivity contribution in [3.63, 3.8) is 0 Å². The minimum atomic E-state index is -1.01. The van der Waals surface area contributed by atoms with Crippen LogP contribution in [-0.2, 0) is 34.5 Å². The summed E-state index contributed by atoms with van der Waals surface area (Å²) in [6, 6.07) is 17.7. The summed E-state index contributed by atoms with van der Waals surface area (Å²) in [7, 11) is 0. The molecule has 0 saturated carbocycles. The summed E-state index contributed by atoms with van der Waals surface area (Å²) in [6.07, 6.45) is -0.739. The summed E-state index contributed by atoms with van der Waals surface area (Å²) in [5, 5.41) is 13.3. The van der Waals surface area contributed by atoms with Gasteiger partial charge in [-0.15, -0.1) is 40.0 Å². The number of thiazole rings is 1. The number of oxime groups is 1. The Bertz CT molecular complexity index is 1810. The number of benzene rings is 2. The van der Waals surface area contributed by atoms with E-state index >= 15 is 0 Å². The molecule has 1 fully saturated rings. The Hall–Kier alpha value is -4.58. The normalized spacial score (nSPS) is 17.6. The molecule has 2 aromatic carbocycles. The first-order valence-corrected chi connectivity index (χ1v) is 17.7. The number of hydrogen-bond acceptors (Lipinski definition) is 15. The third-order valence-electron chi connectivity index (χ3n) is 6.89. The molecule has 6 rings (SSSR count). The summed E-state index contributed by atoms with van der Waals surface area (Å²) in [4.78, 5) is 63.4. The van der Waals surface area contributed by atoms with Crippen LogP contribution in [0.2, 0.25) is 0 Å². The van der Waals surface area contributed by atoms with E-state index in [2.05, 4.69) is 25.0 Å². The van der Waals surface area contributed by atoms with Crippen molar-refractivity contribution in [3.8, 4) is 0 Å². The van der Waals surface area contributed by atoms with Gasteiger partial charge in [0, 0.05) is 34.1 Å². The van der Waals surface area contributed by atoms with E-state index in [9.17, 15) is 19.2 Å². The Kier molecular flexibility index (Phi) is 9.95. The minimum Gasteiger partial charge on any atom is -0.448 e. The number of esters is 1. The number of carbonyl (C=O) groups excluding carboxylic acids is 4. The average Bonchev–Trinajstić information content (AvgIpc) is 3.77. The molecular weight excluding hydrogens is 683 g/mol. The maximum absolute atomic E-state index is 14.1. The predicted octanol–water partition coefficient (Wildman–Crippen LogP) is 3.72. The Morgan fingerprint density at radius 1 is 1.11 bits per heavy atom. The Labute approximate surface area is 284 Å². The average molecular weight is 708 g/mol. The molecule has 4 heterocycles. The number of amides is 2. The molecule has 17 heteroatoms. The van der Waals surface area contributed by atoms with E-state index in [4.69, 9.17) is 15.3 Å². The third-order valence-corrected chi connectivity index (χ3v) is 10.7. The van der Waals surface area contributed by atoms with Crippen molar-refractivity contribution in [2.45, 2.75) is 30.2 Å². The first kappa shape index (κ1) is 32.4. The van der Waals surface area contributed by atoms with Gasteiger partial charge in [0.2, 0.25) is 0 Å². The zero-order chi connectivity index (χ0) is 32.9. The monoisotopic (exact) mass is 707 g/mol. The summed E-state index contributed by atoms with van der Waals surface area (Å²) in [5.74, 6) is -1.94. The number of β-lactam (4-membered cyclic amide) rings is 1. The number of thioether (sulfide) groups is 2. The second-order valence-electron chi connectivity index (χ2n) is 10.0. The van der Waals surface area contributed by atoms with E-state index in [-0.39, 0.29) is 22.2 Å². The van der Waals surface area contributed by atoms with Crippen LogP contribution in [0.4, 0.5) is 5.13 Å². The number of nitrogens with zero attached hydrogens (tertiary/aromatic N) is 5. The maximum Gasteiger partial charge on any atom is 0.356 e. The van der Waals surface area contributed by atoms with Crippen molar-refractivity contribution in [1.82, 2.24) is 24.8 Å². The van der Waals surface area contributed by atoms with Crippen LogP contribution in [0.15, 0.2) is 87.2 Å². The van der Waals surface area contributed by atoms with Gasteiger partial charge in [-0.3, -0.25) is 14.5 Å². The molecule has 0 spiro atoms. The molecule has 2 aromatic heterocycles. The largest absolute Gasteiger partial charge is 0.448 e. The summed E-state index contributed by atoms with van der Waals surface area (Å²) < 4.78 is 10.1. The van der Waals surface area contributed by atoms with Crippen LogP contribution < -0.4 is 11.1 Å². The minimum absolute atomic E-state index is 0.0819. The number of nitrogens with one attached hydrogen (secondary N) is 1. The molecule has 240 valence electrons. The van der Waals surface area contributed by atoms with Crippen molar-refractivity contribution in [3.05, 3.63) is 105 Å². The predicted molar refractivity (Wildman–Crippen MR) is 179 cm³/mol. The molecule has 0 aliphatic carbocycles. The van der Waals surface area contributed by atoms with Crippen LogP contribution in [0.1, 0.15) is 35.5 Å². The molecule has 47 heavy (non-hydrogen) atoms. The summed E-state index contributed by atoms with van der Waals surface area (Å²) in [6.45, 7) is 1.13. The Morgan fingerprint density at radius 2 is 1.81 bits per heavy atom. The first-order chi connectivity index (χ1) is 22.8. The molecule has 3 N–H and O–H groups in total. The number of aromatic nitrogens is 3. The van der Waals surface area contributed by atoms with Crippen LogP contribution in [-0.4, -0.2) is 66.1 Å². The number of carbonyl (C=O) groups is 4. The van der Waals surface area contributed by atoms with E-state index < -0.39 is 41.3 Å². The Morgan fingerprint density at radius 3 is 2.40 bits per heavy atom. The molecular formula is C30H25N7O6S4. The lowest BCUT2D eigenvalue weighted by atomic mass is 10.0. The number of nitrogen functional groups attached to an aromatic ring is 1. The smallest absolute Gasteiger partial charge is 0.356 e. The summed E-state index contributed by atoms with van der Waals surface area (Å²) in [5.41, 5.74) is 7.86. The lowest BCUT2D eigenvalue weighted by molar-refractivity contribution is -0.154. The topological polar surface area (TPSA) is 179 Å². The molecule has 13 nitrogen and oxygen atoms in total. The van der Waals surface area contributed by atoms with Crippen molar-refractivity contribution in [1.29, 1.82) is 0 Å². The zero-order valence-electron chi connectivity index (χ0n) is 24.5. The van der Waals surface area contributed by atoms with Gasteiger partial charge >= 0.3 is 11.9 Å². The van der Waals surface area contributed by atoms with Gasteiger partial charge in [-0.05, 0) is 22.7 Å². The molecule has 2 aliphatic rings. The number of nitrogens with two attached hydrogens (primary N) is 1. The second-order valence-corrected chi connectivity index (χ2v) is 13.7. The van der Waals surface area contributed by atoms with Gasteiger partial charge in [-0.25, -0.2) is 14.6 Å². The highest BCUT2D eigenvalue weighted by atomic mass is 32.2. The fourth-order valence-corrected chi connectivity index (χ4v) is 8.38. The maximum atomic E-state index is 14.1. The number of rotatable bonds is 11. The lowest BCUT2D eigenvalue weighted by Crippen LogP contribution is -2.71. The number of fused-ring (bicyclic) bond motifs is 1. The number of ether oxygens (including phenoxy) is 1. The standard InChI is InChI=1S/C30H25N7O6S4/c1-16(38)43-35-22(20-14-46-30(31)32-20)26(39)33-23-27(40)37-24(21(15-45-28(23)37)44-12-19-13-47-36-34-19)29(41)42-25(17-8-4-2-5-9-17)18-10-6-3-7-11-18/h2-11,13-14,23,25,28H,12,15H2,1H3,(H2,31,32)(H,33,39)/b35-22-/t23-,28-/m1/s1. The molecule has 1 saturated heterocycles.